The molecule has 0 aromatic heterocycles. The van der Waals surface area contributed by atoms with Gasteiger partial charge in [0, 0.05) is 5.56 Å². The highest BCUT2D eigenvalue weighted by Crippen LogP contribution is 2.21. The molecular weight excluding hydrogens is 233 g/mol. The van der Waals surface area contributed by atoms with E-state index in [1.54, 1.807) is 6.07 Å². The highest BCUT2D eigenvalue weighted by molar-refractivity contribution is 7.92. The first kappa shape index (κ1) is 11.1. The van der Waals surface area contributed by atoms with E-state index in [0.717, 1.165) is 0 Å². The van der Waals surface area contributed by atoms with Gasteiger partial charge in [-0.25, -0.2) is 12.8 Å². The highest BCUT2D eigenvalue weighted by atomic mass is 32.2. The number of hydrogen-bond acceptors (Lipinski definition) is 3. The Hall–Kier alpha value is -1.43. The van der Waals surface area contributed by atoms with Crippen LogP contribution in [0.3, 0.4) is 0 Å². The minimum absolute atomic E-state index is 0.208. The molecule has 6 heteroatoms. The lowest BCUT2D eigenvalue weighted by atomic mass is 10.1. The van der Waals surface area contributed by atoms with Crippen LogP contribution in [0.4, 0.5) is 4.39 Å². The van der Waals surface area contributed by atoms with Crippen LogP contribution in [-0.4, -0.2) is 25.8 Å². The smallest absolute Gasteiger partial charge is 0.235 e. The molecule has 0 radical (unpaired) electrons. The molecule has 1 N–H and O–H groups in total. The Morgan fingerprint density at radius 3 is 2.62 bits per heavy atom. The van der Waals surface area contributed by atoms with Crippen LogP contribution in [0.25, 0.3) is 0 Å². The van der Waals surface area contributed by atoms with Crippen molar-refractivity contribution in [2.24, 2.45) is 0 Å². The molecule has 0 saturated carbocycles. The highest BCUT2D eigenvalue weighted by Gasteiger charge is 2.31. The number of halogens is 1. The van der Waals surface area contributed by atoms with Gasteiger partial charge in [0.15, 0.2) is 9.84 Å². The summed E-state index contributed by atoms with van der Waals surface area (Å²) in [5, 5.41) is 2.47. The zero-order valence-corrected chi connectivity index (χ0v) is 9.13. The summed E-state index contributed by atoms with van der Waals surface area (Å²) in [6.45, 7) is 0. The average molecular weight is 243 g/mol. The first-order valence-corrected chi connectivity index (χ1v) is 6.54. The van der Waals surface area contributed by atoms with Crippen LogP contribution >= 0.6 is 0 Å². The Bertz CT molecular complexity index is 527. The van der Waals surface area contributed by atoms with E-state index < -0.39 is 33.4 Å². The van der Waals surface area contributed by atoms with Crippen molar-refractivity contribution < 1.29 is 17.6 Å². The van der Waals surface area contributed by atoms with Crippen LogP contribution in [-0.2, 0) is 14.6 Å². The fourth-order valence-corrected chi connectivity index (χ4v) is 3.09. The predicted molar refractivity (Wildman–Crippen MR) is 55.9 cm³/mol. The molecule has 1 aliphatic heterocycles. The van der Waals surface area contributed by atoms with E-state index in [4.69, 9.17) is 0 Å². The number of amides is 1. The maximum absolute atomic E-state index is 13.4. The lowest BCUT2D eigenvalue weighted by molar-refractivity contribution is -0.119. The number of sulfone groups is 1. The van der Waals surface area contributed by atoms with Crippen LogP contribution < -0.4 is 5.32 Å². The van der Waals surface area contributed by atoms with Crippen LogP contribution in [0.1, 0.15) is 11.6 Å². The number of carbonyl (C=O) groups is 1. The second-order valence-corrected chi connectivity index (χ2v) is 5.81. The molecule has 1 unspecified atom stereocenters. The van der Waals surface area contributed by atoms with Gasteiger partial charge in [0.1, 0.15) is 11.6 Å². The molecular formula is C10H10FNO3S. The minimum Gasteiger partial charge on any atom is -0.347 e. The van der Waals surface area contributed by atoms with Gasteiger partial charge >= 0.3 is 0 Å². The Morgan fingerprint density at radius 2 is 2.00 bits per heavy atom. The van der Waals surface area contributed by atoms with Gasteiger partial charge in [0.25, 0.3) is 0 Å². The largest absolute Gasteiger partial charge is 0.347 e. The van der Waals surface area contributed by atoms with Crippen molar-refractivity contribution in [2.45, 2.75) is 6.04 Å². The monoisotopic (exact) mass is 243 g/mol. The molecule has 86 valence electrons. The summed E-state index contributed by atoms with van der Waals surface area (Å²) < 4.78 is 36.2. The zero-order chi connectivity index (χ0) is 11.8. The summed E-state index contributed by atoms with van der Waals surface area (Å²) in [7, 11) is -3.42. The number of nitrogens with one attached hydrogen (secondary N) is 1. The quantitative estimate of drug-likeness (QED) is 0.777. The van der Waals surface area contributed by atoms with Crippen LogP contribution in [0.5, 0.6) is 0 Å². The third kappa shape index (κ3) is 2.21. The van der Waals surface area contributed by atoms with E-state index in [2.05, 4.69) is 5.32 Å². The van der Waals surface area contributed by atoms with Crippen molar-refractivity contribution in [1.29, 1.82) is 0 Å². The molecule has 1 fully saturated rings. The molecule has 1 heterocycles. The maximum Gasteiger partial charge on any atom is 0.235 e. The van der Waals surface area contributed by atoms with Crippen LogP contribution in [0.2, 0.25) is 0 Å². The molecule has 1 amide bonds. The summed E-state index contributed by atoms with van der Waals surface area (Å²) in [6, 6.07) is 5.04. The van der Waals surface area contributed by atoms with E-state index in [-0.39, 0.29) is 11.3 Å². The fourth-order valence-electron chi connectivity index (χ4n) is 1.72. The second-order valence-electron chi connectivity index (χ2n) is 3.70. The molecule has 1 aromatic carbocycles. The molecule has 0 spiro atoms. The van der Waals surface area contributed by atoms with Crippen molar-refractivity contribution in [2.75, 3.05) is 11.5 Å². The van der Waals surface area contributed by atoms with Crippen molar-refractivity contribution in [1.82, 2.24) is 5.32 Å². The lowest BCUT2D eigenvalue weighted by Crippen LogP contribution is -2.43. The summed E-state index contributed by atoms with van der Waals surface area (Å²) in [4.78, 5) is 11.2. The van der Waals surface area contributed by atoms with Gasteiger partial charge in [-0.1, -0.05) is 18.2 Å². The van der Waals surface area contributed by atoms with Crippen molar-refractivity contribution >= 4 is 15.7 Å². The van der Waals surface area contributed by atoms with Crippen molar-refractivity contribution in [3.63, 3.8) is 0 Å². The summed E-state index contributed by atoms with van der Waals surface area (Å²) in [5.74, 6) is -1.86. The normalized spacial score (nSPS) is 23.8. The Morgan fingerprint density at radius 1 is 1.31 bits per heavy atom. The molecule has 0 aliphatic carbocycles. The van der Waals surface area contributed by atoms with Gasteiger partial charge in [0.05, 0.1) is 11.8 Å². The second kappa shape index (κ2) is 3.86. The van der Waals surface area contributed by atoms with Gasteiger partial charge in [-0.05, 0) is 6.07 Å². The molecule has 1 aliphatic rings. The van der Waals surface area contributed by atoms with Crippen molar-refractivity contribution in [3.8, 4) is 0 Å². The number of hydrogen-bond donors (Lipinski definition) is 1. The van der Waals surface area contributed by atoms with Crippen molar-refractivity contribution in [3.05, 3.63) is 35.6 Å². The SMILES string of the molecule is O=C1CS(=O)(=O)CC(c2ccccc2F)N1. The van der Waals surface area contributed by atoms with Crippen LogP contribution in [0, 0.1) is 5.82 Å². The molecule has 4 nitrogen and oxygen atoms in total. The van der Waals surface area contributed by atoms with Gasteiger partial charge in [0.2, 0.25) is 5.91 Å². The van der Waals surface area contributed by atoms with E-state index in [1.165, 1.54) is 18.2 Å². The predicted octanol–water partition coefficient (Wildman–Crippen LogP) is 0.411. The van der Waals surface area contributed by atoms with E-state index in [9.17, 15) is 17.6 Å². The average Bonchev–Trinajstić information content (AvgIpc) is 2.15. The van der Waals surface area contributed by atoms with Gasteiger partial charge in [-0.15, -0.1) is 0 Å². The van der Waals surface area contributed by atoms with E-state index in [0.29, 0.717) is 0 Å². The van der Waals surface area contributed by atoms with E-state index in [1.807, 2.05) is 0 Å². The summed E-state index contributed by atoms with van der Waals surface area (Å²) in [6.07, 6.45) is 0. The maximum atomic E-state index is 13.4. The van der Waals surface area contributed by atoms with Gasteiger partial charge in [-0.2, -0.15) is 0 Å². The molecule has 0 bridgehead atoms. The summed E-state index contributed by atoms with van der Waals surface area (Å²) >= 11 is 0. The third-order valence-electron chi connectivity index (χ3n) is 2.39. The molecule has 1 saturated heterocycles. The number of carbonyl (C=O) groups excluding carboxylic acids is 1. The van der Waals surface area contributed by atoms with E-state index >= 15 is 0 Å². The first-order chi connectivity index (χ1) is 7.48. The van der Waals surface area contributed by atoms with Gasteiger partial charge < -0.3 is 5.32 Å². The molecule has 2 rings (SSSR count). The Balaban J connectivity index is 2.35. The topological polar surface area (TPSA) is 63.2 Å². The Kier molecular flexibility index (Phi) is 2.67. The molecule has 1 aromatic rings. The Labute approximate surface area is 92.4 Å². The third-order valence-corrected chi connectivity index (χ3v) is 3.93. The summed E-state index contributed by atoms with van der Waals surface area (Å²) in [5.41, 5.74) is 0.208. The fraction of sp³-hybridized carbons (Fsp3) is 0.300. The minimum atomic E-state index is -3.42. The number of benzene rings is 1. The molecule has 16 heavy (non-hydrogen) atoms. The number of rotatable bonds is 1. The standard InChI is InChI=1S/C10H10FNO3S/c11-8-4-2-1-3-7(8)9-5-16(14,15)6-10(13)12-9/h1-4,9H,5-6H2,(H,12,13). The van der Waals surface area contributed by atoms with Gasteiger partial charge in [-0.3, -0.25) is 4.79 Å². The lowest BCUT2D eigenvalue weighted by Gasteiger charge is -2.23. The van der Waals surface area contributed by atoms with Crippen LogP contribution in [0.15, 0.2) is 24.3 Å². The molecule has 1 atom stereocenters. The first-order valence-electron chi connectivity index (χ1n) is 4.72. The zero-order valence-electron chi connectivity index (χ0n) is 8.31.